The third-order valence-electron chi connectivity index (χ3n) is 3.55. The molecular formula is C15H29NO3. The highest BCUT2D eigenvalue weighted by Crippen LogP contribution is 2.27. The molecule has 0 aliphatic carbocycles. The Hall–Kier alpha value is -1.06. The molecule has 0 radical (unpaired) electrons. The first-order valence-corrected chi connectivity index (χ1v) is 6.79. The average Bonchev–Trinajstić information content (AvgIpc) is 2.31. The zero-order chi connectivity index (χ0) is 15.4. The van der Waals surface area contributed by atoms with Gasteiger partial charge in [0.1, 0.15) is 0 Å². The maximum Gasteiger partial charge on any atom is 0.311 e. The third-order valence-corrected chi connectivity index (χ3v) is 3.55. The SMILES string of the molecule is COC(=O)C(C)(C)CCC(C)N(C)C(=O)C(C)(C)C. The van der Waals surface area contributed by atoms with Crippen LogP contribution in [0.1, 0.15) is 54.4 Å². The number of carbonyl (C=O) groups excluding carboxylic acids is 2. The second-order valence-corrected chi connectivity index (χ2v) is 6.93. The lowest BCUT2D eigenvalue weighted by atomic mass is 9.86. The van der Waals surface area contributed by atoms with Gasteiger partial charge in [-0.2, -0.15) is 0 Å². The summed E-state index contributed by atoms with van der Waals surface area (Å²) < 4.78 is 4.79. The number of ether oxygens (including phenoxy) is 1. The monoisotopic (exact) mass is 271 g/mol. The Balaban J connectivity index is 4.52. The van der Waals surface area contributed by atoms with Gasteiger partial charge in [0.05, 0.1) is 12.5 Å². The van der Waals surface area contributed by atoms with Crippen molar-refractivity contribution < 1.29 is 14.3 Å². The fraction of sp³-hybridized carbons (Fsp3) is 0.867. The number of hydrogen-bond acceptors (Lipinski definition) is 3. The van der Waals surface area contributed by atoms with E-state index in [2.05, 4.69) is 0 Å². The molecule has 4 heteroatoms. The Morgan fingerprint density at radius 3 is 2.00 bits per heavy atom. The number of carbonyl (C=O) groups is 2. The fourth-order valence-electron chi connectivity index (χ4n) is 1.87. The van der Waals surface area contributed by atoms with Gasteiger partial charge in [-0.15, -0.1) is 0 Å². The van der Waals surface area contributed by atoms with Gasteiger partial charge >= 0.3 is 5.97 Å². The Bertz CT molecular complexity index is 329. The van der Waals surface area contributed by atoms with Crippen molar-refractivity contribution in [1.29, 1.82) is 0 Å². The lowest BCUT2D eigenvalue weighted by molar-refractivity contribution is -0.151. The molecule has 0 aromatic heterocycles. The molecule has 0 saturated carbocycles. The van der Waals surface area contributed by atoms with E-state index in [1.807, 2.05) is 48.6 Å². The first-order chi connectivity index (χ1) is 8.43. The number of rotatable bonds is 5. The summed E-state index contributed by atoms with van der Waals surface area (Å²) in [6.07, 6.45) is 1.48. The van der Waals surface area contributed by atoms with Crippen molar-refractivity contribution in [3.63, 3.8) is 0 Å². The third kappa shape index (κ3) is 5.21. The molecule has 112 valence electrons. The molecule has 0 fully saturated rings. The average molecular weight is 271 g/mol. The minimum Gasteiger partial charge on any atom is -0.469 e. The van der Waals surface area contributed by atoms with E-state index < -0.39 is 5.41 Å². The maximum atomic E-state index is 12.2. The Morgan fingerprint density at radius 1 is 1.16 bits per heavy atom. The summed E-state index contributed by atoms with van der Waals surface area (Å²) in [5.41, 5.74) is -0.879. The van der Waals surface area contributed by atoms with Crippen molar-refractivity contribution in [3.8, 4) is 0 Å². The van der Waals surface area contributed by atoms with Crippen molar-refractivity contribution in [1.82, 2.24) is 4.90 Å². The van der Waals surface area contributed by atoms with E-state index in [9.17, 15) is 9.59 Å². The minimum atomic E-state index is -0.505. The summed E-state index contributed by atoms with van der Waals surface area (Å²) in [7, 11) is 3.23. The van der Waals surface area contributed by atoms with Crippen LogP contribution in [-0.2, 0) is 14.3 Å². The molecular weight excluding hydrogens is 242 g/mol. The largest absolute Gasteiger partial charge is 0.469 e. The van der Waals surface area contributed by atoms with Crippen LogP contribution in [0.25, 0.3) is 0 Å². The minimum absolute atomic E-state index is 0.107. The molecule has 0 aliphatic rings. The summed E-state index contributed by atoms with van der Waals surface area (Å²) in [6.45, 7) is 11.5. The highest BCUT2D eigenvalue weighted by Gasteiger charge is 2.31. The van der Waals surface area contributed by atoms with Gasteiger partial charge < -0.3 is 9.64 Å². The zero-order valence-corrected chi connectivity index (χ0v) is 13.7. The molecule has 19 heavy (non-hydrogen) atoms. The molecule has 0 bridgehead atoms. The second kappa shape index (κ2) is 6.40. The lowest BCUT2D eigenvalue weighted by Crippen LogP contribution is -2.42. The van der Waals surface area contributed by atoms with Crippen LogP contribution in [0, 0.1) is 10.8 Å². The molecule has 1 atom stereocenters. The predicted molar refractivity (Wildman–Crippen MR) is 76.7 cm³/mol. The van der Waals surface area contributed by atoms with Gasteiger partial charge in [0, 0.05) is 18.5 Å². The zero-order valence-electron chi connectivity index (χ0n) is 13.7. The van der Waals surface area contributed by atoms with Crippen LogP contribution in [0.4, 0.5) is 0 Å². The predicted octanol–water partition coefficient (Wildman–Crippen LogP) is 2.86. The van der Waals surface area contributed by atoms with Crippen molar-refractivity contribution in [2.45, 2.75) is 60.4 Å². The van der Waals surface area contributed by atoms with Gasteiger partial charge in [0.2, 0.25) is 5.91 Å². The van der Waals surface area contributed by atoms with Crippen LogP contribution < -0.4 is 0 Å². The summed E-state index contributed by atoms with van der Waals surface area (Å²) in [5, 5.41) is 0. The number of nitrogens with zero attached hydrogens (tertiary/aromatic N) is 1. The molecule has 0 heterocycles. The summed E-state index contributed by atoms with van der Waals surface area (Å²) in [4.78, 5) is 25.5. The normalized spacial score (nSPS) is 13.9. The Kier molecular flexibility index (Phi) is 6.04. The van der Waals surface area contributed by atoms with E-state index >= 15 is 0 Å². The molecule has 0 aromatic carbocycles. The molecule has 0 aromatic rings. The topological polar surface area (TPSA) is 46.6 Å². The first-order valence-electron chi connectivity index (χ1n) is 6.79. The van der Waals surface area contributed by atoms with Gasteiger partial charge in [-0.25, -0.2) is 0 Å². The standard InChI is InChI=1S/C15H29NO3/c1-11(16(7)12(17)14(2,3)4)9-10-15(5,6)13(18)19-8/h11H,9-10H2,1-8H3. The van der Waals surface area contributed by atoms with Crippen molar-refractivity contribution >= 4 is 11.9 Å². The van der Waals surface area contributed by atoms with Crippen molar-refractivity contribution in [3.05, 3.63) is 0 Å². The molecule has 0 N–H and O–H groups in total. The molecule has 4 nitrogen and oxygen atoms in total. The summed E-state index contributed by atoms with van der Waals surface area (Å²) in [6, 6.07) is 0.107. The van der Waals surface area contributed by atoms with E-state index in [0.29, 0.717) is 6.42 Å². The van der Waals surface area contributed by atoms with Crippen LogP contribution in [0.5, 0.6) is 0 Å². The Labute approximate surface area is 117 Å². The number of methoxy groups -OCH3 is 1. The highest BCUT2D eigenvalue weighted by molar-refractivity contribution is 5.81. The molecule has 0 spiro atoms. The molecule has 1 unspecified atom stereocenters. The van der Waals surface area contributed by atoms with Crippen LogP contribution in [-0.4, -0.2) is 37.0 Å². The van der Waals surface area contributed by atoms with Crippen LogP contribution in [0.15, 0.2) is 0 Å². The molecule has 0 aliphatic heterocycles. The van der Waals surface area contributed by atoms with Crippen LogP contribution >= 0.6 is 0 Å². The summed E-state index contributed by atoms with van der Waals surface area (Å²) in [5.74, 6) is -0.0830. The van der Waals surface area contributed by atoms with E-state index in [1.54, 1.807) is 4.90 Å². The lowest BCUT2D eigenvalue weighted by Gasteiger charge is -2.32. The van der Waals surface area contributed by atoms with E-state index in [4.69, 9.17) is 4.74 Å². The fourth-order valence-corrected chi connectivity index (χ4v) is 1.87. The number of amides is 1. The molecule has 0 rings (SSSR count). The smallest absolute Gasteiger partial charge is 0.311 e. The first kappa shape index (κ1) is 17.9. The van der Waals surface area contributed by atoms with Crippen molar-refractivity contribution in [2.24, 2.45) is 10.8 Å². The van der Waals surface area contributed by atoms with E-state index in [1.165, 1.54) is 7.11 Å². The molecule has 1 amide bonds. The quantitative estimate of drug-likeness (QED) is 0.722. The van der Waals surface area contributed by atoms with Gasteiger partial charge in [0.25, 0.3) is 0 Å². The van der Waals surface area contributed by atoms with Crippen molar-refractivity contribution in [2.75, 3.05) is 14.2 Å². The Morgan fingerprint density at radius 2 is 1.63 bits per heavy atom. The van der Waals surface area contributed by atoms with Gasteiger partial charge in [-0.3, -0.25) is 9.59 Å². The van der Waals surface area contributed by atoms with E-state index in [-0.39, 0.29) is 23.3 Å². The highest BCUT2D eigenvalue weighted by atomic mass is 16.5. The van der Waals surface area contributed by atoms with Crippen LogP contribution in [0.2, 0.25) is 0 Å². The summed E-state index contributed by atoms with van der Waals surface area (Å²) >= 11 is 0. The second-order valence-electron chi connectivity index (χ2n) is 6.93. The van der Waals surface area contributed by atoms with Gasteiger partial charge in [0.15, 0.2) is 0 Å². The van der Waals surface area contributed by atoms with E-state index in [0.717, 1.165) is 6.42 Å². The number of hydrogen-bond donors (Lipinski definition) is 0. The van der Waals surface area contributed by atoms with Gasteiger partial charge in [-0.05, 0) is 33.6 Å². The van der Waals surface area contributed by atoms with Gasteiger partial charge in [-0.1, -0.05) is 20.8 Å². The van der Waals surface area contributed by atoms with Crippen LogP contribution in [0.3, 0.4) is 0 Å². The molecule has 0 saturated heterocycles. The number of esters is 1. The maximum absolute atomic E-state index is 12.2.